The number of nitrogens with one attached hydrogen (secondary N) is 1. The minimum Gasteiger partial charge on any atom is -0.479 e. The molecule has 1 aromatic rings. The van der Waals surface area contributed by atoms with E-state index in [1.54, 1.807) is 25.1 Å². The lowest BCUT2D eigenvalue weighted by molar-refractivity contribution is -0.127. The maximum atomic E-state index is 11.8. The van der Waals surface area contributed by atoms with Crippen LogP contribution in [-0.4, -0.2) is 23.2 Å². The Hall–Kier alpha value is -1.26. The Morgan fingerprint density at radius 2 is 2.33 bits per heavy atom. The lowest BCUT2D eigenvalue weighted by Crippen LogP contribution is -2.37. The minimum absolute atomic E-state index is 0.152. The molecule has 1 atom stereocenters. The highest BCUT2D eigenvalue weighted by molar-refractivity contribution is 6.32. The SMILES string of the molecule is CC(Oc1c(Cl)cccc1CO)C(=O)NC1CC1. The van der Waals surface area contributed by atoms with Crippen molar-refractivity contribution in [2.45, 2.75) is 38.5 Å². The molecule has 0 aromatic heterocycles. The van der Waals surface area contributed by atoms with E-state index in [1.807, 2.05) is 0 Å². The van der Waals surface area contributed by atoms with Crippen molar-refractivity contribution in [3.05, 3.63) is 28.8 Å². The lowest BCUT2D eigenvalue weighted by Gasteiger charge is -2.17. The molecule has 1 aromatic carbocycles. The fourth-order valence-corrected chi connectivity index (χ4v) is 1.83. The Balaban J connectivity index is 2.05. The summed E-state index contributed by atoms with van der Waals surface area (Å²) >= 11 is 6.01. The van der Waals surface area contributed by atoms with Gasteiger partial charge in [-0.3, -0.25) is 4.79 Å². The number of ether oxygens (including phenoxy) is 1. The number of hydrogen-bond donors (Lipinski definition) is 2. The monoisotopic (exact) mass is 269 g/mol. The first-order chi connectivity index (χ1) is 8.61. The van der Waals surface area contributed by atoms with Gasteiger partial charge in [-0.25, -0.2) is 0 Å². The first-order valence-electron chi connectivity index (χ1n) is 5.97. The molecule has 1 unspecified atom stereocenters. The van der Waals surface area contributed by atoms with Crippen molar-refractivity contribution in [3.63, 3.8) is 0 Å². The van der Waals surface area contributed by atoms with E-state index in [9.17, 15) is 9.90 Å². The van der Waals surface area contributed by atoms with Crippen molar-refractivity contribution >= 4 is 17.5 Å². The highest BCUT2D eigenvalue weighted by atomic mass is 35.5. The van der Waals surface area contributed by atoms with E-state index in [-0.39, 0.29) is 12.5 Å². The number of amides is 1. The molecule has 2 rings (SSSR count). The van der Waals surface area contributed by atoms with Crippen LogP contribution in [0.3, 0.4) is 0 Å². The Kier molecular flexibility index (Phi) is 4.09. The number of para-hydroxylation sites is 1. The van der Waals surface area contributed by atoms with Crippen LogP contribution in [0.2, 0.25) is 5.02 Å². The van der Waals surface area contributed by atoms with Crippen LogP contribution in [0.25, 0.3) is 0 Å². The standard InChI is InChI=1S/C13H16ClNO3/c1-8(13(17)15-10-5-6-10)18-12-9(7-16)3-2-4-11(12)14/h2-4,8,10,16H,5-7H2,1H3,(H,15,17). The molecule has 0 aliphatic heterocycles. The highest BCUT2D eigenvalue weighted by Crippen LogP contribution is 2.29. The zero-order valence-electron chi connectivity index (χ0n) is 10.1. The van der Waals surface area contributed by atoms with Gasteiger partial charge in [0.05, 0.1) is 11.6 Å². The second-order valence-corrected chi connectivity index (χ2v) is 4.84. The van der Waals surface area contributed by atoms with Gasteiger partial charge in [-0.2, -0.15) is 0 Å². The summed E-state index contributed by atoms with van der Waals surface area (Å²) in [6, 6.07) is 5.41. The van der Waals surface area contributed by atoms with E-state index in [0.717, 1.165) is 12.8 Å². The first kappa shape index (κ1) is 13.2. The number of carbonyl (C=O) groups is 1. The molecular formula is C13H16ClNO3. The average molecular weight is 270 g/mol. The Morgan fingerprint density at radius 3 is 2.94 bits per heavy atom. The Labute approximate surface area is 111 Å². The summed E-state index contributed by atoms with van der Waals surface area (Å²) in [5, 5.41) is 12.5. The zero-order valence-corrected chi connectivity index (χ0v) is 10.9. The predicted molar refractivity (Wildman–Crippen MR) is 68.6 cm³/mol. The predicted octanol–water partition coefficient (Wildman–Crippen LogP) is 1.88. The molecule has 4 nitrogen and oxygen atoms in total. The number of halogens is 1. The maximum Gasteiger partial charge on any atom is 0.260 e. The van der Waals surface area contributed by atoms with Crippen LogP contribution in [0, 0.1) is 0 Å². The second kappa shape index (κ2) is 5.59. The molecule has 1 amide bonds. The van der Waals surface area contributed by atoms with E-state index in [2.05, 4.69) is 5.32 Å². The molecular weight excluding hydrogens is 254 g/mol. The fraction of sp³-hybridized carbons (Fsp3) is 0.462. The number of aliphatic hydroxyl groups excluding tert-OH is 1. The van der Waals surface area contributed by atoms with Crippen molar-refractivity contribution in [2.24, 2.45) is 0 Å². The molecule has 18 heavy (non-hydrogen) atoms. The van der Waals surface area contributed by atoms with Crippen LogP contribution in [0.15, 0.2) is 18.2 Å². The molecule has 0 heterocycles. The number of hydrogen-bond acceptors (Lipinski definition) is 3. The average Bonchev–Trinajstić information content (AvgIpc) is 3.15. The molecule has 0 bridgehead atoms. The van der Waals surface area contributed by atoms with Crippen LogP contribution < -0.4 is 10.1 Å². The topological polar surface area (TPSA) is 58.6 Å². The quantitative estimate of drug-likeness (QED) is 0.858. The third-order valence-corrected chi connectivity index (χ3v) is 3.10. The number of aliphatic hydroxyl groups is 1. The third kappa shape index (κ3) is 3.15. The fourth-order valence-electron chi connectivity index (χ4n) is 1.59. The van der Waals surface area contributed by atoms with Gasteiger partial charge in [0.25, 0.3) is 5.91 Å². The molecule has 1 fully saturated rings. The summed E-state index contributed by atoms with van der Waals surface area (Å²) in [7, 11) is 0. The van der Waals surface area contributed by atoms with E-state index < -0.39 is 6.10 Å². The maximum absolute atomic E-state index is 11.8. The van der Waals surface area contributed by atoms with Gasteiger partial charge in [0, 0.05) is 11.6 Å². The molecule has 5 heteroatoms. The summed E-state index contributed by atoms with van der Waals surface area (Å²) in [6.07, 6.45) is 1.44. The molecule has 0 spiro atoms. The van der Waals surface area contributed by atoms with Crippen molar-refractivity contribution < 1.29 is 14.6 Å². The van der Waals surface area contributed by atoms with Gasteiger partial charge in [-0.1, -0.05) is 23.7 Å². The number of benzene rings is 1. The molecule has 98 valence electrons. The van der Waals surface area contributed by atoms with Crippen molar-refractivity contribution in [1.82, 2.24) is 5.32 Å². The van der Waals surface area contributed by atoms with E-state index in [0.29, 0.717) is 22.4 Å². The van der Waals surface area contributed by atoms with Gasteiger partial charge in [0.1, 0.15) is 5.75 Å². The van der Waals surface area contributed by atoms with Crippen molar-refractivity contribution in [2.75, 3.05) is 0 Å². The van der Waals surface area contributed by atoms with Gasteiger partial charge in [-0.15, -0.1) is 0 Å². The van der Waals surface area contributed by atoms with E-state index in [1.165, 1.54) is 0 Å². The minimum atomic E-state index is -0.629. The van der Waals surface area contributed by atoms with Gasteiger partial charge in [0.15, 0.2) is 6.10 Å². The normalized spacial score (nSPS) is 16.2. The van der Waals surface area contributed by atoms with Crippen LogP contribution >= 0.6 is 11.6 Å². The zero-order chi connectivity index (χ0) is 13.1. The molecule has 2 N–H and O–H groups in total. The van der Waals surface area contributed by atoms with Gasteiger partial charge in [0.2, 0.25) is 0 Å². The van der Waals surface area contributed by atoms with Crippen molar-refractivity contribution in [1.29, 1.82) is 0 Å². The summed E-state index contributed by atoms with van der Waals surface area (Å²) in [5.41, 5.74) is 0.577. The molecule has 0 saturated heterocycles. The Bertz CT molecular complexity index is 446. The van der Waals surface area contributed by atoms with Gasteiger partial charge < -0.3 is 15.2 Å². The first-order valence-corrected chi connectivity index (χ1v) is 6.35. The molecule has 1 aliphatic carbocycles. The number of carbonyl (C=O) groups excluding carboxylic acids is 1. The third-order valence-electron chi connectivity index (χ3n) is 2.81. The Morgan fingerprint density at radius 1 is 1.61 bits per heavy atom. The van der Waals surface area contributed by atoms with Crippen molar-refractivity contribution in [3.8, 4) is 5.75 Å². The second-order valence-electron chi connectivity index (χ2n) is 4.43. The molecule has 1 saturated carbocycles. The molecule has 0 radical (unpaired) electrons. The smallest absolute Gasteiger partial charge is 0.260 e. The summed E-state index contributed by atoms with van der Waals surface area (Å²) in [4.78, 5) is 11.8. The summed E-state index contributed by atoms with van der Waals surface area (Å²) in [5.74, 6) is 0.224. The number of rotatable bonds is 5. The van der Waals surface area contributed by atoms with Crippen LogP contribution in [-0.2, 0) is 11.4 Å². The summed E-state index contributed by atoms with van der Waals surface area (Å²) < 4.78 is 5.55. The van der Waals surface area contributed by atoms with Crippen LogP contribution in [0.1, 0.15) is 25.3 Å². The van der Waals surface area contributed by atoms with Gasteiger partial charge in [-0.05, 0) is 25.8 Å². The summed E-state index contributed by atoms with van der Waals surface area (Å²) in [6.45, 7) is 1.50. The van der Waals surface area contributed by atoms with Gasteiger partial charge >= 0.3 is 0 Å². The van der Waals surface area contributed by atoms with E-state index in [4.69, 9.17) is 16.3 Å². The van der Waals surface area contributed by atoms with Crippen LogP contribution in [0.4, 0.5) is 0 Å². The molecule has 1 aliphatic rings. The van der Waals surface area contributed by atoms with Crippen LogP contribution in [0.5, 0.6) is 5.75 Å². The lowest BCUT2D eigenvalue weighted by atomic mass is 10.2. The highest BCUT2D eigenvalue weighted by Gasteiger charge is 2.27. The van der Waals surface area contributed by atoms with E-state index >= 15 is 0 Å². The largest absolute Gasteiger partial charge is 0.479 e.